The zero-order valence-electron chi connectivity index (χ0n) is 12.8. The number of aromatic nitrogens is 2. The molecule has 2 heterocycles. The number of likely N-dealkylation sites (tertiary alicyclic amines) is 1. The summed E-state index contributed by atoms with van der Waals surface area (Å²) in [5.41, 5.74) is 2.16. The summed E-state index contributed by atoms with van der Waals surface area (Å²) in [7, 11) is 1.63. The van der Waals surface area contributed by atoms with Gasteiger partial charge < -0.3 is 9.64 Å². The number of carbonyl (C=O) groups excluding carboxylic acids is 1. The lowest BCUT2D eigenvalue weighted by atomic mass is 10.1. The van der Waals surface area contributed by atoms with Gasteiger partial charge in [-0.25, -0.2) is 0 Å². The molecule has 1 amide bonds. The minimum Gasteiger partial charge on any atom is -0.496 e. The van der Waals surface area contributed by atoms with Gasteiger partial charge in [0.25, 0.3) is 5.91 Å². The molecule has 0 spiro atoms. The van der Waals surface area contributed by atoms with Gasteiger partial charge in [-0.3, -0.25) is 9.89 Å². The van der Waals surface area contributed by atoms with Crippen molar-refractivity contribution in [2.75, 3.05) is 20.2 Å². The first-order valence-electron chi connectivity index (χ1n) is 7.77. The summed E-state index contributed by atoms with van der Waals surface area (Å²) >= 11 is 0. The van der Waals surface area contributed by atoms with E-state index >= 15 is 0 Å². The summed E-state index contributed by atoms with van der Waals surface area (Å²) in [6.07, 6.45) is 4.58. The average Bonchev–Trinajstić information content (AvgIpc) is 2.89. The highest BCUT2D eigenvalue weighted by Gasteiger charge is 2.20. The number of rotatable bonds is 3. The maximum Gasteiger partial charge on any atom is 0.271 e. The number of H-pyrrole nitrogens is 1. The molecule has 0 radical (unpaired) electrons. The van der Waals surface area contributed by atoms with Crippen LogP contribution in [0.2, 0.25) is 0 Å². The molecule has 22 heavy (non-hydrogen) atoms. The molecule has 5 nitrogen and oxygen atoms in total. The number of hydrogen-bond acceptors (Lipinski definition) is 3. The van der Waals surface area contributed by atoms with Crippen LogP contribution < -0.4 is 4.74 Å². The van der Waals surface area contributed by atoms with Crippen molar-refractivity contribution >= 4 is 5.91 Å². The first kappa shape index (κ1) is 14.6. The van der Waals surface area contributed by atoms with Crippen LogP contribution in [0.15, 0.2) is 30.3 Å². The molecule has 1 aromatic carbocycles. The molecule has 0 atom stereocenters. The Bertz CT molecular complexity index is 643. The Labute approximate surface area is 130 Å². The van der Waals surface area contributed by atoms with Crippen molar-refractivity contribution in [3.8, 4) is 17.0 Å². The standard InChI is InChI=1S/C17H21N3O2/c1-22-16-9-5-4-8-13(16)14-12-15(19-18-14)17(21)20-10-6-2-3-7-11-20/h4-5,8-9,12H,2-3,6-7,10-11H2,1H3,(H,18,19). The molecule has 116 valence electrons. The fourth-order valence-corrected chi connectivity index (χ4v) is 2.87. The van der Waals surface area contributed by atoms with E-state index in [1.54, 1.807) is 7.11 Å². The van der Waals surface area contributed by atoms with Crippen molar-refractivity contribution in [2.45, 2.75) is 25.7 Å². The van der Waals surface area contributed by atoms with Crippen LogP contribution in [0.5, 0.6) is 5.75 Å². The summed E-state index contributed by atoms with van der Waals surface area (Å²) in [6.45, 7) is 1.67. The molecule has 1 saturated heterocycles. The van der Waals surface area contributed by atoms with Gasteiger partial charge >= 0.3 is 0 Å². The van der Waals surface area contributed by atoms with Crippen molar-refractivity contribution < 1.29 is 9.53 Å². The van der Waals surface area contributed by atoms with Crippen LogP contribution in [-0.4, -0.2) is 41.2 Å². The number of hydrogen-bond donors (Lipinski definition) is 1. The lowest BCUT2D eigenvalue weighted by Crippen LogP contribution is -2.32. The molecule has 2 aromatic rings. The molecule has 1 aliphatic heterocycles. The van der Waals surface area contributed by atoms with Gasteiger partial charge in [-0.05, 0) is 31.0 Å². The van der Waals surface area contributed by atoms with Gasteiger partial charge in [-0.15, -0.1) is 0 Å². The SMILES string of the molecule is COc1ccccc1-c1cc(C(=O)N2CCCCCC2)[nH]n1. The van der Waals surface area contributed by atoms with Crippen LogP contribution in [0, 0.1) is 0 Å². The van der Waals surface area contributed by atoms with Crippen molar-refractivity contribution in [3.05, 3.63) is 36.0 Å². The van der Waals surface area contributed by atoms with Crippen LogP contribution in [0.1, 0.15) is 36.2 Å². The Morgan fingerprint density at radius 3 is 2.64 bits per heavy atom. The van der Waals surface area contributed by atoms with Gasteiger partial charge in [0.2, 0.25) is 0 Å². The summed E-state index contributed by atoms with van der Waals surface area (Å²) in [4.78, 5) is 14.5. The Morgan fingerprint density at radius 2 is 1.91 bits per heavy atom. The second-order valence-corrected chi connectivity index (χ2v) is 5.57. The van der Waals surface area contributed by atoms with Crippen molar-refractivity contribution in [1.82, 2.24) is 15.1 Å². The molecule has 0 aliphatic carbocycles. The number of nitrogens with zero attached hydrogens (tertiary/aromatic N) is 2. The van der Waals surface area contributed by atoms with Gasteiger partial charge in [0, 0.05) is 18.7 Å². The van der Waals surface area contributed by atoms with Gasteiger partial charge in [-0.2, -0.15) is 5.10 Å². The summed E-state index contributed by atoms with van der Waals surface area (Å²) < 4.78 is 5.35. The Hall–Kier alpha value is -2.30. The monoisotopic (exact) mass is 299 g/mol. The number of methoxy groups -OCH3 is 1. The highest BCUT2D eigenvalue weighted by molar-refractivity contribution is 5.93. The largest absolute Gasteiger partial charge is 0.496 e. The summed E-state index contributed by atoms with van der Waals surface area (Å²) in [5, 5.41) is 7.16. The minimum absolute atomic E-state index is 0.0375. The number of benzene rings is 1. The molecule has 0 unspecified atom stereocenters. The second kappa shape index (κ2) is 6.64. The van der Waals surface area contributed by atoms with Crippen LogP contribution >= 0.6 is 0 Å². The van der Waals surface area contributed by atoms with Crippen LogP contribution in [-0.2, 0) is 0 Å². The first-order chi connectivity index (χ1) is 10.8. The molecule has 1 aliphatic rings. The van der Waals surface area contributed by atoms with E-state index in [1.807, 2.05) is 35.2 Å². The van der Waals surface area contributed by atoms with E-state index in [4.69, 9.17) is 4.74 Å². The normalized spacial score (nSPS) is 15.4. The van der Waals surface area contributed by atoms with Crippen molar-refractivity contribution in [3.63, 3.8) is 0 Å². The van der Waals surface area contributed by atoms with E-state index in [-0.39, 0.29) is 5.91 Å². The number of amides is 1. The van der Waals surface area contributed by atoms with E-state index in [0.717, 1.165) is 42.9 Å². The van der Waals surface area contributed by atoms with E-state index in [9.17, 15) is 4.79 Å². The average molecular weight is 299 g/mol. The van der Waals surface area contributed by atoms with Crippen molar-refractivity contribution in [2.24, 2.45) is 0 Å². The maximum atomic E-state index is 12.6. The predicted octanol–water partition coefficient (Wildman–Crippen LogP) is 3.10. The highest BCUT2D eigenvalue weighted by Crippen LogP contribution is 2.28. The fourth-order valence-electron chi connectivity index (χ4n) is 2.87. The first-order valence-corrected chi connectivity index (χ1v) is 7.77. The van der Waals surface area contributed by atoms with E-state index in [0.29, 0.717) is 5.69 Å². The molecule has 5 heteroatoms. The van der Waals surface area contributed by atoms with Gasteiger partial charge in [-0.1, -0.05) is 25.0 Å². The van der Waals surface area contributed by atoms with Crippen molar-refractivity contribution in [1.29, 1.82) is 0 Å². The molecular weight excluding hydrogens is 278 g/mol. The topological polar surface area (TPSA) is 58.2 Å². The third-order valence-corrected chi connectivity index (χ3v) is 4.08. The van der Waals surface area contributed by atoms with Gasteiger partial charge in [0.15, 0.2) is 0 Å². The lowest BCUT2D eigenvalue weighted by Gasteiger charge is -2.18. The minimum atomic E-state index is 0.0375. The van der Waals surface area contributed by atoms with Gasteiger partial charge in [0.05, 0.1) is 12.8 Å². The van der Waals surface area contributed by atoms with Gasteiger partial charge in [0.1, 0.15) is 11.4 Å². The molecule has 1 aromatic heterocycles. The molecule has 0 bridgehead atoms. The molecule has 0 saturated carbocycles. The number of para-hydroxylation sites is 1. The summed E-state index contributed by atoms with van der Waals surface area (Å²) in [6, 6.07) is 9.49. The third kappa shape index (κ3) is 2.98. The highest BCUT2D eigenvalue weighted by atomic mass is 16.5. The number of nitrogens with one attached hydrogen (secondary N) is 1. The van der Waals surface area contributed by atoms with Crippen LogP contribution in [0.25, 0.3) is 11.3 Å². The van der Waals surface area contributed by atoms with E-state index in [1.165, 1.54) is 12.8 Å². The summed E-state index contributed by atoms with van der Waals surface area (Å²) in [5.74, 6) is 0.790. The second-order valence-electron chi connectivity index (χ2n) is 5.57. The van der Waals surface area contributed by atoms with E-state index < -0.39 is 0 Å². The maximum absolute atomic E-state index is 12.6. The Kier molecular flexibility index (Phi) is 4.42. The molecule has 1 N–H and O–H groups in total. The third-order valence-electron chi connectivity index (χ3n) is 4.08. The number of ether oxygens (including phenoxy) is 1. The zero-order chi connectivity index (χ0) is 15.4. The van der Waals surface area contributed by atoms with E-state index in [2.05, 4.69) is 10.2 Å². The fraction of sp³-hybridized carbons (Fsp3) is 0.412. The molecular formula is C17H21N3O2. The smallest absolute Gasteiger partial charge is 0.271 e. The number of aromatic amines is 1. The Morgan fingerprint density at radius 1 is 1.18 bits per heavy atom. The Balaban J connectivity index is 1.82. The predicted molar refractivity (Wildman–Crippen MR) is 84.9 cm³/mol. The van der Waals surface area contributed by atoms with Crippen LogP contribution in [0.3, 0.4) is 0 Å². The number of carbonyl (C=O) groups is 1. The lowest BCUT2D eigenvalue weighted by molar-refractivity contribution is 0.0755. The zero-order valence-corrected chi connectivity index (χ0v) is 12.8. The molecule has 1 fully saturated rings. The van der Waals surface area contributed by atoms with Crippen LogP contribution in [0.4, 0.5) is 0 Å². The molecule has 3 rings (SSSR count). The quantitative estimate of drug-likeness (QED) is 0.947.